The Morgan fingerprint density at radius 2 is 1.26 bits per heavy atom. The van der Waals surface area contributed by atoms with Crippen LogP contribution in [0.15, 0.2) is 48.5 Å². The van der Waals surface area contributed by atoms with Crippen LogP contribution in [0.2, 0.25) is 0 Å². The fourth-order valence-electron chi connectivity index (χ4n) is 3.44. The van der Waals surface area contributed by atoms with Crippen LogP contribution in [0.4, 0.5) is 0 Å². The van der Waals surface area contributed by atoms with Crippen molar-refractivity contribution in [1.82, 2.24) is 0 Å². The van der Waals surface area contributed by atoms with Gasteiger partial charge in [0.05, 0.1) is 5.56 Å². The van der Waals surface area contributed by atoms with Gasteiger partial charge in [-0.25, -0.2) is 4.79 Å². The molecule has 0 aliphatic carbocycles. The van der Waals surface area contributed by atoms with E-state index in [0.29, 0.717) is 19.0 Å². The molecule has 0 bridgehead atoms. The van der Waals surface area contributed by atoms with Crippen molar-refractivity contribution in [3.05, 3.63) is 59.7 Å². The predicted molar refractivity (Wildman–Crippen MR) is 108 cm³/mol. The molecule has 27 heavy (non-hydrogen) atoms. The lowest BCUT2D eigenvalue weighted by atomic mass is 9.72. The van der Waals surface area contributed by atoms with Crippen molar-refractivity contribution in [2.75, 3.05) is 13.2 Å². The van der Waals surface area contributed by atoms with Gasteiger partial charge in [0.2, 0.25) is 0 Å². The number of rotatable bonds is 8. The van der Waals surface area contributed by atoms with Crippen molar-refractivity contribution in [1.29, 1.82) is 0 Å². The molecule has 0 spiro atoms. The minimum absolute atomic E-state index is 0.113. The molecule has 0 aliphatic rings. The first-order valence-electron chi connectivity index (χ1n) is 9.26. The summed E-state index contributed by atoms with van der Waals surface area (Å²) in [4.78, 5) is 10.8. The Hall–Kier alpha value is -2.49. The Labute approximate surface area is 162 Å². The molecule has 0 radical (unpaired) electrons. The maximum absolute atomic E-state index is 10.8. The van der Waals surface area contributed by atoms with E-state index in [1.54, 1.807) is 12.1 Å². The average Bonchev–Trinajstić information content (AvgIpc) is 2.57. The smallest absolute Gasteiger partial charge is 0.335 e. The summed E-state index contributed by atoms with van der Waals surface area (Å²) in [5, 5.41) is 8.88. The summed E-state index contributed by atoms with van der Waals surface area (Å²) in [7, 11) is 0. The molecule has 4 heteroatoms. The molecular formula is C23H30O4. The lowest BCUT2D eigenvalue weighted by Gasteiger charge is -2.33. The van der Waals surface area contributed by atoms with E-state index in [1.807, 2.05) is 12.1 Å². The molecule has 0 aromatic heterocycles. The summed E-state index contributed by atoms with van der Waals surface area (Å²) >= 11 is 0. The maximum atomic E-state index is 10.8. The number of carbonyl (C=O) groups is 1. The van der Waals surface area contributed by atoms with E-state index >= 15 is 0 Å². The third-order valence-electron chi connectivity index (χ3n) is 4.33. The van der Waals surface area contributed by atoms with Crippen LogP contribution >= 0.6 is 0 Å². The number of carboxylic acid groups (broad SMARTS) is 1. The molecule has 2 aromatic carbocycles. The quantitative estimate of drug-likeness (QED) is 0.618. The average molecular weight is 370 g/mol. The number of hydrogen-bond donors (Lipinski definition) is 1. The molecule has 0 atom stereocenters. The molecule has 0 heterocycles. The van der Waals surface area contributed by atoms with Crippen LogP contribution in [0.5, 0.6) is 11.5 Å². The second kappa shape index (κ2) is 8.47. The van der Waals surface area contributed by atoms with E-state index in [-0.39, 0.29) is 16.4 Å². The first kappa shape index (κ1) is 20.8. The minimum atomic E-state index is -0.945. The first-order chi connectivity index (χ1) is 12.6. The molecule has 2 rings (SSSR count). The minimum Gasteiger partial charge on any atom is -0.490 e. The Balaban J connectivity index is 1.82. The van der Waals surface area contributed by atoms with E-state index in [9.17, 15) is 4.79 Å². The fraction of sp³-hybridized carbons (Fsp3) is 0.435. The second-order valence-electron chi connectivity index (χ2n) is 8.67. The van der Waals surface area contributed by atoms with Crippen molar-refractivity contribution < 1.29 is 19.4 Å². The van der Waals surface area contributed by atoms with Gasteiger partial charge in [-0.15, -0.1) is 0 Å². The molecule has 0 fully saturated rings. The van der Waals surface area contributed by atoms with Gasteiger partial charge in [-0.2, -0.15) is 0 Å². The van der Waals surface area contributed by atoms with Gasteiger partial charge in [0.15, 0.2) is 0 Å². The molecule has 0 amide bonds. The Morgan fingerprint density at radius 1 is 0.815 bits per heavy atom. The number of benzene rings is 2. The van der Waals surface area contributed by atoms with Gasteiger partial charge >= 0.3 is 5.97 Å². The van der Waals surface area contributed by atoms with E-state index in [4.69, 9.17) is 14.6 Å². The largest absolute Gasteiger partial charge is 0.490 e. The van der Waals surface area contributed by atoms with Gasteiger partial charge in [0.25, 0.3) is 0 Å². The van der Waals surface area contributed by atoms with E-state index < -0.39 is 5.97 Å². The van der Waals surface area contributed by atoms with E-state index in [1.165, 1.54) is 17.7 Å². The topological polar surface area (TPSA) is 55.8 Å². The molecule has 0 unspecified atom stereocenters. The highest BCUT2D eigenvalue weighted by molar-refractivity contribution is 5.87. The van der Waals surface area contributed by atoms with Crippen LogP contribution in [0, 0.1) is 5.41 Å². The number of aromatic carboxylic acids is 1. The van der Waals surface area contributed by atoms with Gasteiger partial charge in [-0.1, -0.05) is 46.8 Å². The zero-order valence-electron chi connectivity index (χ0n) is 16.9. The van der Waals surface area contributed by atoms with Crippen molar-refractivity contribution in [3.63, 3.8) is 0 Å². The Bertz CT molecular complexity index is 737. The van der Waals surface area contributed by atoms with Gasteiger partial charge in [0.1, 0.15) is 24.7 Å². The molecule has 0 saturated heterocycles. The van der Waals surface area contributed by atoms with Crippen molar-refractivity contribution in [3.8, 4) is 11.5 Å². The van der Waals surface area contributed by atoms with Crippen LogP contribution in [0.3, 0.4) is 0 Å². The summed E-state index contributed by atoms with van der Waals surface area (Å²) in [6, 6.07) is 14.6. The standard InChI is InChI=1S/C23H30O4/c1-22(2,3)16-23(4,5)18-8-12-20(13-9-18)27-15-14-26-19-10-6-17(7-11-19)21(24)25/h6-13H,14-16H2,1-5H3,(H,24,25). The van der Waals surface area contributed by atoms with Gasteiger partial charge < -0.3 is 14.6 Å². The number of hydrogen-bond acceptors (Lipinski definition) is 3. The van der Waals surface area contributed by atoms with Crippen molar-refractivity contribution >= 4 is 5.97 Å². The first-order valence-corrected chi connectivity index (χ1v) is 9.26. The van der Waals surface area contributed by atoms with E-state index in [0.717, 1.165) is 12.2 Å². The van der Waals surface area contributed by atoms with Crippen LogP contribution < -0.4 is 9.47 Å². The summed E-state index contributed by atoms with van der Waals surface area (Å²) < 4.78 is 11.3. The molecule has 2 aromatic rings. The molecule has 0 aliphatic heterocycles. The van der Waals surface area contributed by atoms with Gasteiger partial charge in [-0.05, 0) is 59.2 Å². The normalized spacial score (nSPS) is 11.9. The maximum Gasteiger partial charge on any atom is 0.335 e. The van der Waals surface area contributed by atoms with Crippen molar-refractivity contribution in [2.45, 2.75) is 46.5 Å². The Kier molecular flexibility index (Phi) is 6.53. The third-order valence-corrected chi connectivity index (χ3v) is 4.33. The fourth-order valence-corrected chi connectivity index (χ4v) is 3.44. The lowest BCUT2D eigenvalue weighted by molar-refractivity contribution is 0.0697. The molecule has 146 valence electrons. The molecule has 1 N–H and O–H groups in total. The lowest BCUT2D eigenvalue weighted by Crippen LogP contribution is -2.24. The zero-order chi connectivity index (χ0) is 20.1. The highest BCUT2D eigenvalue weighted by atomic mass is 16.5. The van der Waals surface area contributed by atoms with Crippen LogP contribution in [-0.2, 0) is 5.41 Å². The van der Waals surface area contributed by atoms with Gasteiger partial charge in [-0.3, -0.25) is 0 Å². The SMILES string of the molecule is CC(C)(C)CC(C)(C)c1ccc(OCCOc2ccc(C(=O)O)cc2)cc1. The number of carboxylic acids is 1. The summed E-state index contributed by atoms with van der Waals surface area (Å²) in [5.74, 6) is 0.497. The highest BCUT2D eigenvalue weighted by Gasteiger charge is 2.27. The van der Waals surface area contributed by atoms with E-state index in [2.05, 4.69) is 46.8 Å². The number of ether oxygens (including phenoxy) is 2. The van der Waals surface area contributed by atoms with Crippen molar-refractivity contribution in [2.24, 2.45) is 5.41 Å². The van der Waals surface area contributed by atoms with Crippen LogP contribution in [0.25, 0.3) is 0 Å². The molecule has 0 saturated carbocycles. The molecular weight excluding hydrogens is 340 g/mol. The highest BCUT2D eigenvalue weighted by Crippen LogP contribution is 2.36. The monoisotopic (exact) mass is 370 g/mol. The zero-order valence-corrected chi connectivity index (χ0v) is 16.9. The van der Waals surface area contributed by atoms with Crippen LogP contribution in [0.1, 0.15) is 57.0 Å². The third kappa shape index (κ3) is 6.63. The summed E-state index contributed by atoms with van der Waals surface area (Å²) in [5.41, 5.74) is 1.94. The Morgan fingerprint density at radius 3 is 1.67 bits per heavy atom. The molecule has 4 nitrogen and oxygen atoms in total. The van der Waals surface area contributed by atoms with Gasteiger partial charge in [0, 0.05) is 0 Å². The summed E-state index contributed by atoms with van der Waals surface area (Å²) in [6.07, 6.45) is 1.11. The summed E-state index contributed by atoms with van der Waals surface area (Å²) in [6.45, 7) is 12.2. The predicted octanol–water partition coefficient (Wildman–Crippen LogP) is 5.56. The van der Waals surface area contributed by atoms with Crippen LogP contribution in [-0.4, -0.2) is 24.3 Å². The second-order valence-corrected chi connectivity index (χ2v) is 8.67.